The summed E-state index contributed by atoms with van der Waals surface area (Å²) in [4.78, 5) is 18.8. The summed E-state index contributed by atoms with van der Waals surface area (Å²) in [5, 5.41) is 9.58. The van der Waals surface area contributed by atoms with Crippen LogP contribution in [0.15, 0.2) is 85.1 Å². The molecule has 0 bridgehead atoms. The molecule has 0 spiro atoms. The van der Waals surface area contributed by atoms with Crippen molar-refractivity contribution >= 4 is 29.0 Å². The summed E-state index contributed by atoms with van der Waals surface area (Å²) >= 11 is 0. The van der Waals surface area contributed by atoms with E-state index in [0.29, 0.717) is 0 Å². The molecule has 1 radical (unpaired) electrons. The smallest absolute Gasteiger partial charge is 0.354 e. The van der Waals surface area contributed by atoms with E-state index in [1.165, 1.54) is 51.0 Å². The van der Waals surface area contributed by atoms with Crippen LogP contribution in [0, 0.1) is 6.07 Å². The second-order valence-corrected chi connectivity index (χ2v) is 9.50. The molecule has 5 aromatic rings. The van der Waals surface area contributed by atoms with Gasteiger partial charge in [-0.2, -0.15) is 0 Å². The van der Waals surface area contributed by atoms with E-state index in [9.17, 15) is 4.79 Å². The molecule has 0 saturated heterocycles. The second-order valence-electron chi connectivity index (χ2n) is 9.50. The van der Waals surface area contributed by atoms with Crippen LogP contribution in [0.3, 0.4) is 0 Å². The van der Waals surface area contributed by atoms with E-state index in [4.69, 9.17) is 10.1 Å². The molecule has 0 fully saturated rings. The van der Waals surface area contributed by atoms with E-state index >= 15 is 0 Å². The number of nitrogens with zero attached hydrogens (tertiary/aromatic N) is 2. The summed E-state index contributed by atoms with van der Waals surface area (Å²) in [5.41, 5.74) is 11.1. The molecule has 0 saturated carbocycles. The Morgan fingerprint density at radius 3 is 2.43 bits per heavy atom. The van der Waals surface area contributed by atoms with Gasteiger partial charge >= 0.3 is 5.97 Å². The Morgan fingerprint density at radius 2 is 1.68 bits per heavy atom. The van der Waals surface area contributed by atoms with Crippen LogP contribution in [0.1, 0.15) is 46.6 Å². The Morgan fingerprint density at radius 1 is 0.892 bits per heavy atom. The first-order valence-electron chi connectivity index (χ1n) is 11.9. The summed E-state index contributed by atoms with van der Waals surface area (Å²) in [6.07, 6.45) is 5.83. The Hall–Kier alpha value is -3.92. The molecule has 0 amide bonds. The minimum absolute atomic E-state index is 0. The fourth-order valence-corrected chi connectivity index (χ4v) is 5.39. The summed E-state index contributed by atoms with van der Waals surface area (Å²) in [5.74, 6) is -0.990. The van der Waals surface area contributed by atoms with Gasteiger partial charge in [0.1, 0.15) is 5.69 Å². The number of rotatable bonds is 2. The van der Waals surface area contributed by atoms with Crippen molar-refractivity contribution in [1.29, 1.82) is 0 Å². The van der Waals surface area contributed by atoms with Crippen LogP contribution in [0.5, 0.6) is 0 Å². The number of hydrogen-bond acceptors (Lipinski definition) is 3. The zero-order chi connectivity index (χ0) is 24.9. The molecule has 0 aliphatic heterocycles. The van der Waals surface area contributed by atoms with Crippen molar-refractivity contribution in [3.05, 3.63) is 119 Å². The molecule has 3 aromatic carbocycles. The van der Waals surface area contributed by atoms with E-state index in [2.05, 4.69) is 91.6 Å². The van der Waals surface area contributed by atoms with E-state index in [1.54, 1.807) is 12.1 Å². The van der Waals surface area contributed by atoms with Gasteiger partial charge in [-0.3, -0.25) is 4.98 Å². The third kappa shape index (κ3) is 4.11. The van der Waals surface area contributed by atoms with Crippen molar-refractivity contribution in [3.63, 3.8) is 0 Å². The van der Waals surface area contributed by atoms with Crippen molar-refractivity contribution in [3.8, 4) is 22.4 Å². The van der Waals surface area contributed by atoms with E-state index < -0.39 is 5.97 Å². The van der Waals surface area contributed by atoms with Gasteiger partial charge in [-0.1, -0.05) is 80.1 Å². The van der Waals surface area contributed by atoms with Gasteiger partial charge in [0, 0.05) is 31.7 Å². The van der Waals surface area contributed by atoms with Gasteiger partial charge in [0.15, 0.2) is 0 Å². The maximum Gasteiger partial charge on any atom is 0.354 e. The molecule has 5 heteroatoms. The fourth-order valence-electron chi connectivity index (χ4n) is 5.39. The first kappa shape index (κ1) is 24.8. The van der Waals surface area contributed by atoms with Crippen LogP contribution in [0.25, 0.3) is 45.4 Å². The number of carboxylic acid groups (broad SMARTS) is 1. The monoisotopic (exact) mass is 660 g/mol. The summed E-state index contributed by atoms with van der Waals surface area (Å²) in [7, 11) is 0. The normalized spacial score (nSPS) is 13.2. The summed E-state index contributed by atoms with van der Waals surface area (Å²) < 4.78 is 0. The van der Waals surface area contributed by atoms with E-state index in [0.717, 1.165) is 16.8 Å². The van der Waals surface area contributed by atoms with Crippen LogP contribution in [-0.2, 0) is 25.5 Å². The van der Waals surface area contributed by atoms with Gasteiger partial charge in [-0.25, -0.2) is 9.78 Å². The molecule has 2 aromatic heterocycles. The number of pyridine rings is 2. The summed E-state index contributed by atoms with van der Waals surface area (Å²) in [6.45, 7) is 4.63. The molecule has 37 heavy (non-hydrogen) atoms. The maximum atomic E-state index is 10.1. The van der Waals surface area contributed by atoms with Crippen molar-refractivity contribution < 1.29 is 30.0 Å². The van der Waals surface area contributed by atoms with Crippen molar-refractivity contribution in [2.24, 2.45) is 0 Å². The number of carbonyl (C=O) groups is 1. The molecule has 2 aliphatic rings. The molecule has 2 heterocycles. The average Bonchev–Trinajstić information content (AvgIpc) is 3.43. The predicted octanol–water partition coefficient (Wildman–Crippen LogP) is 7.27. The van der Waals surface area contributed by atoms with Crippen LogP contribution >= 0.6 is 0 Å². The van der Waals surface area contributed by atoms with Crippen molar-refractivity contribution in [2.45, 2.75) is 19.3 Å². The predicted molar refractivity (Wildman–Crippen MR) is 144 cm³/mol. The minimum atomic E-state index is -0.990. The van der Waals surface area contributed by atoms with Gasteiger partial charge in [-0.05, 0) is 51.6 Å². The first-order valence-corrected chi connectivity index (χ1v) is 11.9. The van der Waals surface area contributed by atoms with Crippen LogP contribution < -0.4 is 0 Å². The largest absolute Gasteiger partial charge is 0.477 e. The van der Waals surface area contributed by atoms with Gasteiger partial charge in [0.25, 0.3) is 0 Å². The molecular formula is C32H23IrN2O2-. The standard InChI is InChI=1S/C26H18N.C6H5NO2.Ir/c1-26(2)21-11-4-3-8-18(21)19-9-6-10-20(25(19)26)23-15-17-14-13-16-7-5-12-22(27-23)24(16)17;8-6(9)5-3-1-2-4-7-5;/h3-9,11-15H,1-2H3;1-4H,(H,8,9);/q-1;;. The van der Waals surface area contributed by atoms with Crippen molar-refractivity contribution in [1.82, 2.24) is 9.97 Å². The average molecular weight is 660 g/mol. The number of aromatic carboxylic acids is 1. The molecule has 0 unspecified atom stereocenters. The van der Waals surface area contributed by atoms with Gasteiger partial charge in [0.05, 0.1) is 5.52 Å². The number of hydrogen-bond donors (Lipinski definition) is 1. The van der Waals surface area contributed by atoms with Gasteiger partial charge in [-0.15, -0.1) is 29.3 Å². The topological polar surface area (TPSA) is 63.1 Å². The maximum absolute atomic E-state index is 10.1. The quantitative estimate of drug-likeness (QED) is 0.199. The van der Waals surface area contributed by atoms with E-state index in [1.807, 2.05) is 6.07 Å². The Labute approximate surface area is 229 Å². The van der Waals surface area contributed by atoms with Gasteiger partial charge in [0.2, 0.25) is 0 Å². The molecule has 2 aliphatic carbocycles. The minimum Gasteiger partial charge on any atom is -0.477 e. The molecule has 7 rings (SSSR count). The van der Waals surface area contributed by atoms with E-state index in [-0.39, 0.29) is 31.2 Å². The molecular weight excluding hydrogens is 637 g/mol. The number of aromatic nitrogens is 2. The third-order valence-corrected chi connectivity index (χ3v) is 6.99. The zero-order valence-corrected chi connectivity index (χ0v) is 22.7. The van der Waals surface area contributed by atoms with Gasteiger partial charge < -0.3 is 5.11 Å². The molecule has 1 N–H and O–H groups in total. The number of carboxylic acids is 1. The number of benzene rings is 3. The SMILES string of the molecule is CC1(C)c2ccccc2-c2cc[c-]c(-c3cc4c5c(cccc5n3)C=C4)c21.O=C(O)c1ccccn1.[Ir]. The van der Waals surface area contributed by atoms with Crippen LogP contribution in [0.4, 0.5) is 0 Å². The third-order valence-electron chi connectivity index (χ3n) is 6.99. The van der Waals surface area contributed by atoms with Crippen LogP contribution in [-0.4, -0.2) is 21.0 Å². The molecule has 0 atom stereocenters. The Bertz CT molecular complexity index is 1690. The van der Waals surface area contributed by atoms with Crippen LogP contribution in [0.2, 0.25) is 0 Å². The zero-order valence-electron chi connectivity index (χ0n) is 20.3. The Balaban J connectivity index is 0.000000241. The van der Waals surface area contributed by atoms with Crippen molar-refractivity contribution in [2.75, 3.05) is 0 Å². The molecule has 4 nitrogen and oxygen atoms in total. The first-order chi connectivity index (χ1) is 17.4. The Kier molecular flexibility index (Phi) is 6.36. The molecule has 183 valence electrons. The summed E-state index contributed by atoms with van der Waals surface area (Å²) in [6, 6.07) is 29.8. The number of fused-ring (bicyclic) bond motifs is 3. The fraction of sp³-hybridized carbons (Fsp3) is 0.0938. The second kappa shape index (κ2) is 9.51.